The van der Waals surface area contributed by atoms with Crippen LogP contribution in [0.3, 0.4) is 0 Å². The minimum absolute atomic E-state index is 0.320. The van der Waals surface area contributed by atoms with Gasteiger partial charge in [0, 0.05) is 40.8 Å². The highest BCUT2D eigenvalue weighted by Crippen LogP contribution is 2.40. The fraction of sp³-hybridized carbons (Fsp3) is 0.200. The minimum Gasteiger partial charge on any atom is -0.755 e. The van der Waals surface area contributed by atoms with Crippen LogP contribution in [-0.2, 0) is 11.3 Å². The summed E-state index contributed by atoms with van der Waals surface area (Å²) in [5, 5.41) is 6.25. The Morgan fingerprint density at radius 2 is 1.61 bits per heavy atom. The first-order chi connectivity index (χ1) is 14.9. The number of rotatable bonds is 9. The molecule has 31 heavy (non-hydrogen) atoms. The summed E-state index contributed by atoms with van der Waals surface area (Å²) >= 11 is -2.45. The van der Waals surface area contributed by atoms with Gasteiger partial charge in [0.1, 0.15) is 5.82 Å². The monoisotopic (exact) mass is 444 g/mol. The lowest BCUT2D eigenvalue weighted by atomic mass is 10.2. The maximum absolute atomic E-state index is 11.0. The van der Waals surface area contributed by atoms with Gasteiger partial charge in [-0.15, -0.1) is 0 Å². The van der Waals surface area contributed by atoms with E-state index in [2.05, 4.69) is 25.3 Å². The van der Waals surface area contributed by atoms with Crippen molar-refractivity contribution in [3.63, 3.8) is 0 Å². The third kappa shape index (κ3) is 5.32. The summed E-state index contributed by atoms with van der Waals surface area (Å²) in [6.45, 7) is 1.84. The quantitative estimate of drug-likeness (QED) is 0.425. The average Bonchev–Trinajstić information content (AvgIpc) is 2.76. The third-order valence-electron chi connectivity index (χ3n) is 4.27. The first-order valence-corrected chi connectivity index (χ1v) is 10.1. The zero-order valence-corrected chi connectivity index (χ0v) is 18.2. The largest absolute Gasteiger partial charge is 0.755 e. The van der Waals surface area contributed by atoms with Gasteiger partial charge in [-0.25, -0.2) is 4.98 Å². The molecule has 164 valence electrons. The van der Waals surface area contributed by atoms with Crippen LogP contribution < -0.4 is 29.6 Å². The van der Waals surface area contributed by atoms with Crippen LogP contribution in [0.25, 0.3) is 0 Å². The van der Waals surface area contributed by atoms with E-state index in [4.69, 9.17) is 14.2 Å². The number of methoxy groups -OCH3 is 3. The standard InChI is InChI=1S/C20H23N5O5S/c1-12-11-21-20(22-13-9-16(28-2)18(30-4)17(10-13)29-3)24-19(12)23-14-7-5-6-8-15(14)25-31(26)27/h5-11,25H,1-4H3,(H,26,27)(H2,21,22,23,24)/p-1. The lowest BCUT2D eigenvalue weighted by molar-refractivity contribution is 0.324. The van der Waals surface area contributed by atoms with Crippen LogP contribution >= 0.6 is 0 Å². The third-order valence-corrected chi connectivity index (χ3v) is 4.65. The molecular formula is C20H22N5O5S-. The van der Waals surface area contributed by atoms with E-state index in [0.29, 0.717) is 46.1 Å². The Bertz CT molecular complexity index is 1070. The van der Waals surface area contributed by atoms with Crippen LogP contribution in [0.1, 0.15) is 5.56 Å². The molecule has 0 aliphatic carbocycles. The van der Waals surface area contributed by atoms with E-state index in [1.807, 2.05) is 6.92 Å². The van der Waals surface area contributed by atoms with Crippen LogP contribution in [0.2, 0.25) is 0 Å². The number of hydrogen-bond acceptors (Lipinski definition) is 9. The first kappa shape index (κ1) is 22.1. The number of ether oxygens (including phenoxy) is 3. The van der Waals surface area contributed by atoms with E-state index >= 15 is 0 Å². The molecule has 1 atom stereocenters. The molecule has 0 aliphatic rings. The molecule has 0 amide bonds. The molecule has 0 aliphatic heterocycles. The van der Waals surface area contributed by atoms with E-state index in [1.165, 1.54) is 21.3 Å². The van der Waals surface area contributed by atoms with Crippen molar-refractivity contribution in [1.82, 2.24) is 9.97 Å². The highest BCUT2D eigenvalue weighted by molar-refractivity contribution is 7.80. The second-order valence-electron chi connectivity index (χ2n) is 6.27. The maximum atomic E-state index is 11.0. The predicted octanol–water partition coefficient (Wildman–Crippen LogP) is 3.50. The molecule has 11 heteroatoms. The van der Waals surface area contributed by atoms with Crippen LogP contribution in [0.5, 0.6) is 17.2 Å². The van der Waals surface area contributed by atoms with Crippen LogP contribution in [-0.4, -0.2) is 40.1 Å². The van der Waals surface area contributed by atoms with Gasteiger partial charge in [0.05, 0.1) is 32.7 Å². The van der Waals surface area contributed by atoms with E-state index < -0.39 is 11.3 Å². The molecule has 1 unspecified atom stereocenters. The van der Waals surface area contributed by atoms with Crippen molar-refractivity contribution in [3.05, 3.63) is 48.2 Å². The van der Waals surface area contributed by atoms with Crippen molar-refractivity contribution < 1.29 is 23.0 Å². The SMILES string of the molecule is COc1cc(Nc2ncc(C)c(Nc3ccccc3NS(=O)[O-])n2)cc(OC)c1OC. The topological polar surface area (TPSA) is 130 Å². The Morgan fingerprint density at radius 3 is 2.19 bits per heavy atom. The first-order valence-electron chi connectivity index (χ1n) is 9.07. The van der Waals surface area contributed by atoms with Crippen molar-refractivity contribution in [2.24, 2.45) is 0 Å². The summed E-state index contributed by atoms with van der Waals surface area (Å²) in [5.41, 5.74) is 2.35. The zero-order chi connectivity index (χ0) is 22.4. The van der Waals surface area contributed by atoms with Crippen molar-refractivity contribution in [2.75, 3.05) is 36.7 Å². The molecule has 0 fully saturated rings. The molecule has 3 aromatic rings. The van der Waals surface area contributed by atoms with Crippen LogP contribution in [0, 0.1) is 6.92 Å². The van der Waals surface area contributed by atoms with E-state index in [-0.39, 0.29) is 0 Å². The highest BCUT2D eigenvalue weighted by atomic mass is 32.2. The van der Waals surface area contributed by atoms with Gasteiger partial charge in [0.15, 0.2) is 11.5 Å². The summed E-state index contributed by atoms with van der Waals surface area (Å²) in [4.78, 5) is 8.82. The van der Waals surface area contributed by atoms with Crippen molar-refractivity contribution in [1.29, 1.82) is 0 Å². The summed E-state index contributed by atoms with van der Waals surface area (Å²) in [6, 6.07) is 10.4. The molecule has 3 N–H and O–H groups in total. The molecule has 10 nitrogen and oxygen atoms in total. The van der Waals surface area contributed by atoms with Gasteiger partial charge in [-0.05, 0) is 19.1 Å². The number of hydrogen-bond donors (Lipinski definition) is 3. The van der Waals surface area contributed by atoms with E-state index in [9.17, 15) is 8.76 Å². The van der Waals surface area contributed by atoms with Crippen molar-refractivity contribution in [3.8, 4) is 17.2 Å². The number of aryl methyl sites for hydroxylation is 1. The molecule has 0 spiro atoms. The maximum Gasteiger partial charge on any atom is 0.229 e. The Balaban J connectivity index is 1.90. The van der Waals surface area contributed by atoms with Gasteiger partial charge < -0.3 is 34.1 Å². The molecule has 1 heterocycles. The lowest BCUT2D eigenvalue weighted by Crippen LogP contribution is -2.07. The van der Waals surface area contributed by atoms with Crippen LogP contribution in [0.15, 0.2) is 42.6 Å². The number of nitrogens with one attached hydrogen (secondary N) is 3. The number of benzene rings is 2. The molecule has 0 bridgehead atoms. The van der Waals surface area contributed by atoms with Crippen molar-refractivity contribution in [2.45, 2.75) is 6.92 Å². The lowest BCUT2D eigenvalue weighted by Gasteiger charge is -2.17. The fourth-order valence-electron chi connectivity index (χ4n) is 2.81. The summed E-state index contributed by atoms with van der Waals surface area (Å²) < 4.78 is 40.5. The van der Waals surface area contributed by atoms with Gasteiger partial charge in [-0.3, -0.25) is 4.21 Å². The van der Waals surface area contributed by atoms with Gasteiger partial charge in [-0.2, -0.15) is 4.98 Å². The zero-order valence-electron chi connectivity index (χ0n) is 17.4. The molecule has 3 rings (SSSR count). The second kappa shape index (κ2) is 9.96. The molecule has 0 saturated carbocycles. The summed E-state index contributed by atoms with van der Waals surface area (Å²) in [7, 11) is 4.60. The van der Waals surface area contributed by atoms with Gasteiger partial charge >= 0.3 is 0 Å². The Labute approximate surface area is 182 Å². The minimum atomic E-state index is -2.45. The summed E-state index contributed by atoms with van der Waals surface area (Å²) in [6.07, 6.45) is 1.65. The van der Waals surface area contributed by atoms with Gasteiger partial charge in [0.25, 0.3) is 0 Å². The highest BCUT2D eigenvalue weighted by Gasteiger charge is 2.14. The fourth-order valence-corrected chi connectivity index (χ4v) is 3.17. The predicted molar refractivity (Wildman–Crippen MR) is 118 cm³/mol. The molecule has 1 aromatic heterocycles. The number of para-hydroxylation sites is 2. The van der Waals surface area contributed by atoms with Crippen molar-refractivity contribution >= 4 is 40.1 Å². The average molecular weight is 444 g/mol. The molecule has 0 radical (unpaired) electrons. The second-order valence-corrected chi connectivity index (χ2v) is 6.95. The number of aromatic nitrogens is 2. The molecular weight excluding hydrogens is 422 g/mol. The Hall–Kier alpha value is -3.57. The smallest absolute Gasteiger partial charge is 0.229 e. The van der Waals surface area contributed by atoms with Crippen LogP contribution in [0.4, 0.5) is 28.8 Å². The van der Waals surface area contributed by atoms with Gasteiger partial charge in [-0.1, -0.05) is 12.1 Å². The Kier molecular flexibility index (Phi) is 7.11. The summed E-state index contributed by atoms with van der Waals surface area (Å²) in [5.74, 6) is 2.28. The van der Waals surface area contributed by atoms with Gasteiger partial charge in [0.2, 0.25) is 11.7 Å². The Morgan fingerprint density at radius 1 is 0.968 bits per heavy atom. The molecule has 2 aromatic carbocycles. The normalized spacial score (nSPS) is 11.4. The number of anilines is 5. The van der Waals surface area contributed by atoms with E-state index in [1.54, 1.807) is 42.6 Å². The van der Waals surface area contributed by atoms with E-state index in [0.717, 1.165) is 5.56 Å². The molecule has 0 saturated heterocycles. The number of nitrogens with zero attached hydrogens (tertiary/aromatic N) is 2.